The number of aliphatic imine (C=N–C) groups is 1. The van der Waals surface area contributed by atoms with Crippen LogP contribution >= 0.6 is 24.0 Å². The largest absolute Gasteiger partial charge is 0.357 e. The molecule has 0 saturated carbocycles. The normalized spacial score (nSPS) is 12.0. The third-order valence-electron chi connectivity index (χ3n) is 4.98. The topological polar surface area (TPSA) is 57.5 Å². The highest BCUT2D eigenvalue weighted by molar-refractivity contribution is 14.0. The Morgan fingerprint density at radius 1 is 1.07 bits per heavy atom. The van der Waals surface area contributed by atoms with Gasteiger partial charge in [0.2, 0.25) is 0 Å². The third kappa shape index (κ3) is 8.27. The van der Waals surface area contributed by atoms with E-state index in [0.717, 1.165) is 44.9 Å². The van der Waals surface area contributed by atoms with E-state index in [9.17, 15) is 0 Å². The van der Waals surface area contributed by atoms with Crippen molar-refractivity contribution >= 4 is 29.9 Å². The third-order valence-corrected chi connectivity index (χ3v) is 4.98. The fourth-order valence-electron chi connectivity index (χ4n) is 3.65. The molecule has 0 radical (unpaired) electrons. The maximum Gasteiger partial charge on any atom is 0.191 e. The number of aryl methyl sites for hydroxylation is 2. The van der Waals surface area contributed by atoms with Gasteiger partial charge in [-0.2, -0.15) is 5.10 Å². The highest BCUT2D eigenvalue weighted by Gasteiger charge is 2.14. The zero-order chi connectivity index (χ0) is 20.4. The van der Waals surface area contributed by atoms with Gasteiger partial charge >= 0.3 is 0 Å². The molecule has 0 amide bonds. The van der Waals surface area contributed by atoms with E-state index >= 15 is 0 Å². The predicted molar refractivity (Wildman–Crippen MR) is 132 cm³/mol. The molecule has 0 aliphatic heterocycles. The molecule has 1 aromatic heterocycles. The summed E-state index contributed by atoms with van der Waals surface area (Å²) in [5.74, 6) is 0.895. The number of hydrogen-bond acceptors (Lipinski definition) is 3. The standard InChI is InChI=1S/C21H42N6.HI/c1-9-19-18(20(10-2)26(8)25-19)15-24-21(22-11-3)23-13-12-14-27(16(4)5)17(6)7;/h16-17H,9-15H2,1-8H3,(H2,22,23,24);1H. The van der Waals surface area contributed by atoms with Crippen molar-refractivity contribution in [3.05, 3.63) is 17.0 Å². The zero-order valence-corrected chi connectivity index (χ0v) is 21.6. The molecular weight excluding hydrogens is 463 g/mol. The first kappa shape index (κ1) is 27.2. The van der Waals surface area contributed by atoms with E-state index < -0.39 is 0 Å². The Morgan fingerprint density at radius 3 is 2.21 bits per heavy atom. The molecule has 0 spiro atoms. The van der Waals surface area contributed by atoms with Crippen LogP contribution in [0.3, 0.4) is 0 Å². The molecule has 28 heavy (non-hydrogen) atoms. The highest BCUT2D eigenvalue weighted by Crippen LogP contribution is 2.16. The van der Waals surface area contributed by atoms with E-state index in [2.05, 4.69) is 69.1 Å². The maximum absolute atomic E-state index is 4.83. The van der Waals surface area contributed by atoms with Crippen molar-refractivity contribution in [1.82, 2.24) is 25.3 Å². The summed E-state index contributed by atoms with van der Waals surface area (Å²) in [5, 5.41) is 11.5. The van der Waals surface area contributed by atoms with Gasteiger partial charge in [0.25, 0.3) is 0 Å². The summed E-state index contributed by atoms with van der Waals surface area (Å²) in [5.41, 5.74) is 3.74. The summed E-state index contributed by atoms with van der Waals surface area (Å²) in [7, 11) is 2.03. The molecule has 6 nitrogen and oxygen atoms in total. The number of aromatic nitrogens is 2. The molecule has 164 valence electrons. The summed E-state index contributed by atoms with van der Waals surface area (Å²) in [6.07, 6.45) is 3.04. The summed E-state index contributed by atoms with van der Waals surface area (Å²) in [4.78, 5) is 7.36. The number of hydrogen-bond donors (Lipinski definition) is 2. The van der Waals surface area contributed by atoms with Gasteiger partial charge in [0.05, 0.1) is 12.2 Å². The van der Waals surface area contributed by atoms with Crippen LogP contribution in [0.15, 0.2) is 4.99 Å². The first-order chi connectivity index (χ1) is 12.8. The number of rotatable bonds is 11. The molecule has 1 aromatic rings. The predicted octanol–water partition coefficient (Wildman–Crippen LogP) is 3.73. The Hall–Kier alpha value is -0.830. The second kappa shape index (κ2) is 14.2. The van der Waals surface area contributed by atoms with Crippen molar-refractivity contribution < 1.29 is 0 Å². The van der Waals surface area contributed by atoms with Crippen LogP contribution in [0.1, 0.15) is 71.8 Å². The van der Waals surface area contributed by atoms with Gasteiger partial charge in [0, 0.05) is 50.0 Å². The smallest absolute Gasteiger partial charge is 0.191 e. The highest BCUT2D eigenvalue weighted by atomic mass is 127. The van der Waals surface area contributed by atoms with Crippen molar-refractivity contribution in [2.75, 3.05) is 19.6 Å². The quantitative estimate of drug-likeness (QED) is 0.208. The molecule has 0 bridgehead atoms. The minimum Gasteiger partial charge on any atom is -0.357 e. The fourth-order valence-corrected chi connectivity index (χ4v) is 3.65. The Kier molecular flexibility index (Phi) is 13.8. The lowest BCUT2D eigenvalue weighted by Gasteiger charge is -2.30. The molecule has 2 N–H and O–H groups in total. The van der Waals surface area contributed by atoms with E-state index in [0.29, 0.717) is 18.6 Å². The Balaban J connectivity index is 0.00000729. The van der Waals surface area contributed by atoms with Crippen LogP contribution in [0.4, 0.5) is 0 Å². The van der Waals surface area contributed by atoms with Crippen molar-refractivity contribution in [1.29, 1.82) is 0 Å². The lowest BCUT2D eigenvalue weighted by atomic mass is 10.1. The van der Waals surface area contributed by atoms with Gasteiger partial charge in [-0.15, -0.1) is 24.0 Å². The van der Waals surface area contributed by atoms with Crippen LogP contribution in [0.25, 0.3) is 0 Å². The number of halogens is 1. The summed E-state index contributed by atoms with van der Waals surface area (Å²) < 4.78 is 2.01. The van der Waals surface area contributed by atoms with Crippen molar-refractivity contribution in [3.8, 4) is 0 Å². The molecule has 0 atom stereocenters. The second-order valence-electron chi connectivity index (χ2n) is 7.60. The lowest BCUT2D eigenvalue weighted by molar-refractivity contribution is 0.173. The molecule has 0 fully saturated rings. The van der Waals surface area contributed by atoms with Crippen LogP contribution in [0, 0.1) is 0 Å². The molecular formula is C21H43IN6. The molecule has 0 aliphatic carbocycles. The lowest BCUT2D eigenvalue weighted by Crippen LogP contribution is -2.41. The Morgan fingerprint density at radius 2 is 1.71 bits per heavy atom. The Bertz CT molecular complexity index is 572. The van der Waals surface area contributed by atoms with Crippen molar-refractivity contribution in [3.63, 3.8) is 0 Å². The first-order valence-electron chi connectivity index (χ1n) is 10.7. The zero-order valence-electron chi connectivity index (χ0n) is 19.3. The van der Waals surface area contributed by atoms with Crippen LogP contribution in [-0.2, 0) is 26.4 Å². The minimum atomic E-state index is 0. The van der Waals surface area contributed by atoms with E-state index in [4.69, 9.17) is 4.99 Å². The van der Waals surface area contributed by atoms with E-state index in [-0.39, 0.29) is 24.0 Å². The van der Waals surface area contributed by atoms with E-state index in [1.54, 1.807) is 0 Å². The number of guanidine groups is 1. The molecule has 0 unspecified atom stereocenters. The molecule has 0 aromatic carbocycles. The summed E-state index contributed by atoms with van der Waals surface area (Å²) in [6, 6.07) is 1.16. The van der Waals surface area contributed by atoms with Gasteiger partial charge in [-0.3, -0.25) is 9.58 Å². The van der Waals surface area contributed by atoms with Crippen LogP contribution in [0.5, 0.6) is 0 Å². The van der Waals surface area contributed by atoms with Gasteiger partial charge in [0.15, 0.2) is 5.96 Å². The summed E-state index contributed by atoms with van der Waals surface area (Å²) >= 11 is 0. The number of nitrogens with zero attached hydrogens (tertiary/aromatic N) is 4. The molecule has 7 heteroatoms. The monoisotopic (exact) mass is 506 g/mol. The van der Waals surface area contributed by atoms with Crippen LogP contribution in [0.2, 0.25) is 0 Å². The van der Waals surface area contributed by atoms with Gasteiger partial charge in [0.1, 0.15) is 0 Å². The molecule has 0 aliphatic rings. The molecule has 1 heterocycles. The van der Waals surface area contributed by atoms with Gasteiger partial charge in [-0.1, -0.05) is 13.8 Å². The summed E-state index contributed by atoms with van der Waals surface area (Å²) in [6.45, 7) is 19.1. The maximum atomic E-state index is 4.83. The van der Waals surface area contributed by atoms with Gasteiger partial charge in [-0.05, 0) is 53.9 Å². The average Bonchev–Trinajstić information content (AvgIpc) is 2.93. The molecule has 1 rings (SSSR count). The van der Waals surface area contributed by atoms with Crippen LogP contribution < -0.4 is 10.6 Å². The van der Waals surface area contributed by atoms with E-state index in [1.807, 2.05) is 11.7 Å². The second-order valence-corrected chi connectivity index (χ2v) is 7.60. The Labute approximate surface area is 190 Å². The van der Waals surface area contributed by atoms with Crippen molar-refractivity contribution in [2.24, 2.45) is 12.0 Å². The van der Waals surface area contributed by atoms with E-state index in [1.165, 1.54) is 17.0 Å². The van der Waals surface area contributed by atoms with Crippen LogP contribution in [-0.4, -0.2) is 52.4 Å². The average molecular weight is 507 g/mol. The minimum absolute atomic E-state index is 0. The molecule has 0 saturated heterocycles. The van der Waals surface area contributed by atoms with Gasteiger partial charge < -0.3 is 10.6 Å². The van der Waals surface area contributed by atoms with Crippen molar-refractivity contribution in [2.45, 2.75) is 86.4 Å². The SMILES string of the molecule is CCNC(=NCc1c(CC)nn(C)c1CC)NCCCN(C(C)C)C(C)C.I. The fraction of sp³-hybridized carbons (Fsp3) is 0.810. The number of nitrogens with one attached hydrogen (secondary N) is 2. The van der Waals surface area contributed by atoms with Gasteiger partial charge in [-0.25, -0.2) is 4.99 Å². The first-order valence-corrected chi connectivity index (χ1v) is 10.7.